The molecule has 6 rings (SSSR count). The average Bonchev–Trinajstić information content (AvgIpc) is 3.26. The summed E-state index contributed by atoms with van der Waals surface area (Å²) >= 11 is 6.47. The molecule has 0 amide bonds. The number of rotatable bonds is 6. The van der Waals surface area contributed by atoms with Gasteiger partial charge in [0.1, 0.15) is 23.6 Å². The molecule has 4 aromatic rings. The highest BCUT2D eigenvalue weighted by molar-refractivity contribution is 6.30. The first-order valence-electron chi connectivity index (χ1n) is 13.3. The van der Waals surface area contributed by atoms with E-state index in [0.29, 0.717) is 11.8 Å². The zero-order valence-electron chi connectivity index (χ0n) is 21.4. The van der Waals surface area contributed by atoms with Crippen LogP contribution in [0, 0.1) is 5.82 Å². The van der Waals surface area contributed by atoms with E-state index in [1.807, 2.05) is 36.4 Å². The molecular formula is C30H31ClFN5O. The molecule has 2 aromatic carbocycles. The SMILES string of the molecule is CN(Cc1ccc(F)cc1)[C@H]1Cc2cc(Cl)ccc2-n2c(nnc2[C@H]2CC[C@H](Oc3ccccn3)CC2)C1. The van der Waals surface area contributed by atoms with Crippen molar-refractivity contribution < 1.29 is 9.13 Å². The van der Waals surface area contributed by atoms with E-state index in [4.69, 9.17) is 26.5 Å². The van der Waals surface area contributed by atoms with E-state index < -0.39 is 0 Å². The normalized spacial score (nSPS) is 21.0. The molecule has 2 aromatic heterocycles. The van der Waals surface area contributed by atoms with E-state index in [9.17, 15) is 4.39 Å². The number of aromatic nitrogens is 4. The summed E-state index contributed by atoms with van der Waals surface area (Å²) in [5.41, 5.74) is 3.39. The van der Waals surface area contributed by atoms with Gasteiger partial charge in [0.25, 0.3) is 0 Å². The van der Waals surface area contributed by atoms with Gasteiger partial charge in [0.2, 0.25) is 5.88 Å². The van der Waals surface area contributed by atoms with Gasteiger partial charge in [-0.15, -0.1) is 10.2 Å². The molecule has 0 bridgehead atoms. The van der Waals surface area contributed by atoms with Crippen LogP contribution < -0.4 is 4.74 Å². The minimum Gasteiger partial charge on any atom is -0.474 e. The lowest BCUT2D eigenvalue weighted by atomic mass is 9.86. The summed E-state index contributed by atoms with van der Waals surface area (Å²) in [4.78, 5) is 6.63. The summed E-state index contributed by atoms with van der Waals surface area (Å²) in [7, 11) is 2.12. The van der Waals surface area contributed by atoms with Gasteiger partial charge in [-0.05, 0) is 86.7 Å². The molecule has 8 heteroatoms. The Labute approximate surface area is 227 Å². The van der Waals surface area contributed by atoms with Gasteiger partial charge in [-0.2, -0.15) is 0 Å². The maximum atomic E-state index is 13.4. The second-order valence-electron chi connectivity index (χ2n) is 10.4. The van der Waals surface area contributed by atoms with E-state index >= 15 is 0 Å². The van der Waals surface area contributed by atoms with Gasteiger partial charge >= 0.3 is 0 Å². The zero-order valence-corrected chi connectivity index (χ0v) is 22.2. The Hall–Kier alpha value is -3.29. The minimum atomic E-state index is -0.215. The molecular weight excluding hydrogens is 501 g/mol. The van der Waals surface area contributed by atoms with E-state index in [1.54, 1.807) is 6.20 Å². The summed E-state index contributed by atoms with van der Waals surface area (Å²) in [6.07, 6.45) is 7.46. The van der Waals surface area contributed by atoms with Crippen LogP contribution in [0.2, 0.25) is 5.02 Å². The molecule has 196 valence electrons. The van der Waals surface area contributed by atoms with Crippen molar-refractivity contribution in [3.8, 4) is 11.6 Å². The van der Waals surface area contributed by atoms with Gasteiger partial charge in [-0.3, -0.25) is 9.47 Å². The van der Waals surface area contributed by atoms with Crippen LogP contribution in [0.4, 0.5) is 4.39 Å². The molecule has 6 nitrogen and oxygen atoms in total. The number of benzene rings is 2. The van der Waals surface area contributed by atoms with Gasteiger partial charge in [-0.1, -0.05) is 29.8 Å². The fraction of sp³-hybridized carbons (Fsp3) is 0.367. The van der Waals surface area contributed by atoms with Gasteiger partial charge in [0, 0.05) is 42.2 Å². The summed E-state index contributed by atoms with van der Waals surface area (Å²) < 4.78 is 21.8. The average molecular weight is 532 g/mol. The van der Waals surface area contributed by atoms with Gasteiger partial charge in [-0.25, -0.2) is 9.37 Å². The van der Waals surface area contributed by atoms with Crippen LogP contribution in [0.3, 0.4) is 0 Å². The smallest absolute Gasteiger partial charge is 0.213 e. The molecule has 0 N–H and O–H groups in total. The number of pyridine rings is 1. The van der Waals surface area contributed by atoms with Crippen molar-refractivity contribution in [1.82, 2.24) is 24.6 Å². The van der Waals surface area contributed by atoms with E-state index in [0.717, 1.165) is 73.0 Å². The molecule has 1 aliphatic heterocycles. The summed E-state index contributed by atoms with van der Waals surface area (Å²) in [6.45, 7) is 0.724. The Morgan fingerprint density at radius 3 is 2.58 bits per heavy atom. The third-order valence-corrected chi connectivity index (χ3v) is 8.08. The van der Waals surface area contributed by atoms with Crippen molar-refractivity contribution in [3.05, 3.63) is 100 Å². The number of nitrogens with zero attached hydrogens (tertiary/aromatic N) is 5. The second-order valence-corrected chi connectivity index (χ2v) is 10.9. The molecule has 38 heavy (non-hydrogen) atoms. The molecule has 3 heterocycles. The number of likely N-dealkylation sites (N-methyl/N-ethyl adjacent to an activating group) is 1. The topological polar surface area (TPSA) is 56.1 Å². The van der Waals surface area contributed by atoms with Crippen LogP contribution in [-0.4, -0.2) is 43.8 Å². The van der Waals surface area contributed by atoms with E-state index in [-0.39, 0.29) is 18.0 Å². The van der Waals surface area contributed by atoms with Crippen LogP contribution in [-0.2, 0) is 19.4 Å². The highest BCUT2D eigenvalue weighted by atomic mass is 35.5. The Morgan fingerprint density at radius 1 is 1.00 bits per heavy atom. The second kappa shape index (κ2) is 10.8. The molecule has 0 unspecified atom stereocenters. The molecule has 2 aliphatic rings. The third-order valence-electron chi connectivity index (χ3n) is 7.84. The Morgan fingerprint density at radius 2 is 1.82 bits per heavy atom. The Kier molecular flexibility index (Phi) is 7.13. The summed E-state index contributed by atoms with van der Waals surface area (Å²) in [6, 6.07) is 18.8. The van der Waals surface area contributed by atoms with Crippen molar-refractivity contribution >= 4 is 11.6 Å². The third kappa shape index (κ3) is 5.31. The van der Waals surface area contributed by atoms with Crippen molar-refractivity contribution in [3.63, 3.8) is 0 Å². The first-order chi connectivity index (χ1) is 18.5. The molecule has 1 atom stereocenters. The first kappa shape index (κ1) is 25.0. The van der Waals surface area contributed by atoms with Crippen LogP contribution in [0.5, 0.6) is 5.88 Å². The molecule has 0 spiro atoms. The number of ether oxygens (including phenoxy) is 1. The predicted molar refractivity (Wildman–Crippen MR) is 145 cm³/mol. The number of hydrogen-bond acceptors (Lipinski definition) is 5. The standard InChI is InChI=1S/C30H31ClFN5O/c1-36(19-20-5-10-24(32)11-6-20)25-17-22-16-23(31)9-14-27(22)37-28(18-25)34-35-30(37)21-7-12-26(13-8-21)38-29-4-2-3-15-33-29/h2-6,9-11,14-16,21,25-26H,7-8,12-13,17-19H2,1H3/t21-,25-,26-/m0/s1. The summed E-state index contributed by atoms with van der Waals surface area (Å²) in [5.74, 6) is 2.80. The number of fused-ring (bicyclic) bond motifs is 3. The van der Waals surface area contributed by atoms with Crippen LogP contribution in [0.25, 0.3) is 5.69 Å². The quantitative estimate of drug-likeness (QED) is 0.298. The van der Waals surface area contributed by atoms with Crippen LogP contribution in [0.15, 0.2) is 66.9 Å². The van der Waals surface area contributed by atoms with Crippen LogP contribution >= 0.6 is 11.6 Å². The van der Waals surface area contributed by atoms with Gasteiger partial charge in [0.05, 0.1) is 5.69 Å². The predicted octanol–water partition coefficient (Wildman–Crippen LogP) is 6.16. The molecule has 0 radical (unpaired) electrons. The largest absolute Gasteiger partial charge is 0.474 e. The highest BCUT2D eigenvalue weighted by Gasteiger charge is 2.32. The van der Waals surface area contributed by atoms with Gasteiger partial charge in [0.15, 0.2) is 0 Å². The minimum absolute atomic E-state index is 0.170. The van der Waals surface area contributed by atoms with Crippen molar-refractivity contribution in [2.45, 2.75) is 63.1 Å². The van der Waals surface area contributed by atoms with Crippen molar-refractivity contribution in [2.75, 3.05) is 7.05 Å². The maximum absolute atomic E-state index is 13.4. The molecule has 1 saturated carbocycles. The van der Waals surface area contributed by atoms with E-state index in [2.05, 4.69) is 33.6 Å². The lowest BCUT2D eigenvalue weighted by Crippen LogP contribution is -2.34. The Balaban J connectivity index is 1.24. The molecule has 1 fully saturated rings. The van der Waals surface area contributed by atoms with Crippen molar-refractivity contribution in [1.29, 1.82) is 0 Å². The highest BCUT2D eigenvalue weighted by Crippen LogP contribution is 2.37. The van der Waals surface area contributed by atoms with Gasteiger partial charge < -0.3 is 4.74 Å². The number of halogens is 2. The van der Waals surface area contributed by atoms with E-state index in [1.165, 1.54) is 17.7 Å². The lowest BCUT2D eigenvalue weighted by Gasteiger charge is -2.28. The summed E-state index contributed by atoms with van der Waals surface area (Å²) in [5, 5.41) is 10.2. The lowest BCUT2D eigenvalue weighted by molar-refractivity contribution is 0.139. The zero-order chi connectivity index (χ0) is 26.1. The fourth-order valence-electron chi connectivity index (χ4n) is 5.81. The fourth-order valence-corrected chi connectivity index (χ4v) is 6.00. The molecule has 1 aliphatic carbocycles. The molecule has 0 saturated heterocycles. The first-order valence-corrected chi connectivity index (χ1v) is 13.7. The van der Waals surface area contributed by atoms with Crippen molar-refractivity contribution in [2.24, 2.45) is 0 Å². The number of hydrogen-bond donors (Lipinski definition) is 0. The monoisotopic (exact) mass is 531 g/mol. The maximum Gasteiger partial charge on any atom is 0.213 e. The van der Waals surface area contributed by atoms with Crippen LogP contribution in [0.1, 0.15) is 54.4 Å². The Bertz CT molecular complexity index is 1390.